The number of nitrogens with one attached hydrogen (secondary N) is 1. The highest BCUT2D eigenvalue weighted by molar-refractivity contribution is 5.59. The lowest BCUT2D eigenvalue weighted by molar-refractivity contribution is 0.242. The summed E-state index contributed by atoms with van der Waals surface area (Å²) in [5, 5.41) is 3.41. The van der Waals surface area contributed by atoms with Crippen LogP contribution in [0.5, 0.6) is 5.75 Å². The van der Waals surface area contributed by atoms with Gasteiger partial charge in [-0.15, -0.1) is 0 Å². The molecule has 0 atom stereocenters. The van der Waals surface area contributed by atoms with Crippen molar-refractivity contribution in [1.29, 1.82) is 0 Å². The fourth-order valence-electron chi connectivity index (χ4n) is 1.88. The minimum Gasteiger partial charge on any atom is -0.491 e. The Bertz CT molecular complexity index is 405. The van der Waals surface area contributed by atoms with Crippen molar-refractivity contribution in [2.75, 3.05) is 31.2 Å². The number of nitrogen functional groups attached to an aromatic ring is 1. The molecule has 0 amide bonds. The van der Waals surface area contributed by atoms with Crippen molar-refractivity contribution in [1.82, 2.24) is 4.90 Å². The highest BCUT2D eigenvalue weighted by atomic mass is 16.5. The Balaban J connectivity index is 2.45. The molecule has 4 heteroatoms. The number of nitrogens with zero attached hydrogens (tertiary/aromatic N) is 1. The first-order valence-corrected chi connectivity index (χ1v) is 7.40. The first-order chi connectivity index (χ1) is 9.38. The molecule has 20 heavy (non-hydrogen) atoms. The predicted molar refractivity (Wildman–Crippen MR) is 87.5 cm³/mol. The third kappa shape index (κ3) is 6.15. The molecule has 0 bridgehead atoms. The highest BCUT2D eigenvalue weighted by Crippen LogP contribution is 2.23. The van der Waals surface area contributed by atoms with E-state index in [2.05, 4.69) is 31.1 Å². The maximum absolute atomic E-state index is 5.90. The topological polar surface area (TPSA) is 50.5 Å². The van der Waals surface area contributed by atoms with Crippen molar-refractivity contribution in [2.24, 2.45) is 0 Å². The molecule has 114 valence electrons. The molecule has 1 aromatic carbocycles. The summed E-state index contributed by atoms with van der Waals surface area (Å²) < 4.78 is 5.68. The summed E-state index contributed by atoms with van der Waals surface area (Å²) in [4.78, 5) is 2.34. The van der Waals surface area contributed by atoms with Crippen molar-refractivity contribution in [3.05, 3.63) is 18.2 Å². The van der Waals surface area contributed by atoms with Gasteiger partial charge in [0, 0.05) is 36.1 Å². The zero-order valence-electron chi connectivity index (χ0n) is 13.4. The van der Waals surface area contributed by atoms with Crippen molar-refractivity contribution in [2.45, 2.75) is 46.3 Å². The number of hydrogen-bond donors (Lipinski definition) is 2. The molecule has 0 saturated carbocycles. The van der Waals surface area contributed by atoms with Gasteiger partial charge in [-0.25, -0.2) is 0 Å². The summed E-state index contributed by atoms with van der Waals surface area (Å²) in [5.41, 5.74) is 7.65. The van der Waals surface area contributed by atoms with Crippen molar-refractivity contribution >= 4 is 11.4 Å². The van der Waals surface area contributed by atoms with Crippen LogP contribution >= 0.6 is 0 Å². The van der Waals surface area contributed by atoms with Crippen LogP contribution in [-0.4, -0.2) is 37.2 Å². The lowest BCUT2D eigenvalue weighted by atomic mass is 10.2. The van der Waals surface area contributed by atoms with Crippen molar-refractivity contribution < 1.29 is 4.74 Å². The summed E-state index contributed by atoms with van der Waals surface area (Å²) in [6.07, 6.45) is 1.26. The molecule has 0 aromatic heterocycles. The summed E-state index contributed by atoms with van der Waals surface area (Å²) in [7, 11) is 2.15. The van der Waals surface area contributed by atoms with Crippen LogP contribution < -0.4 is 15.8 Å². The fraction of sp³-hybridized carbons (Fsp3) is 0.625. The van der Waals surface area contributed by atoms with Gasteiger partial charge < -0.3 is 20.7 Å². The van der Waals surface area contributed by atoms with Gasteiger partial charge in [-0.05, 0) is 53.8 Å². The Hall–Kier alpha value is -1.42. The third-order valence-corrected chi connectivity index (χ3v) is 3.20. The largest absolute Gasteiger partial charge is 0.491 e. The maximum Gasteiger partial charge on any atom is 0.123 e. The van der Waals surface area contributed by atoms with Crippen molar-refractivity contribution in [3.8, 4) is 5.75 Å². The number of benzene rings is 1. The molecular formula is C16H29N3O. The minimum atomic E-state index is 0.157. The van der Waals surface area contributed by atoms with E-state index in [1.54, 1.807) is 0 Å². The van der Waals surface area contributed by atoms with Gasteiger partial charge >= 0.3 is 0 Å². The van der Waals surface area contributed by atoms with Gasteiger partial charge in [0.05, 0.1) is 6.10 Å². The van der Waals surface area contributed by atoms with E-state index in [-0.39, 0.29) is 6.10 Å². The van der Waals surface area contributed by atoms with Crippen LogP contribution in [0.15, 0.2) is 18.2 Å². The van der Waals surface area contributed by atoms with Crippen LogP contribution in [0, 0.1) is 0 Å². The van der Waals surface area contributed by atoms with Crippen LogP contribution in [0.1, 0.15) is 34.1 Å². The molecule has 0 spiro atoms. The molecule has 0 fully saturated rings. The lowest BCUT2D eigenvalue weighted by Crippen LogP contribution is -2.28. The van der Waals surface area contributed by atoms with E-state index in [9.17, 15) is 0 Å². The molecule has 0 aliphatic rings. The van der Waals surface area contributed by atoms with E-state index in [1.165, 1.54) is 0 Å². The molecule has 0 unspecified atom stereocenters. The van der Waals surface area contributed by atoms with Gasteiger partial charge in [-0.3, -0.25) is 0 Å². The molecule has 0 saturated heterocycles. The summed E-state index contributed by atoms with van der Waals surface area (Å²) >= 11 is 0. The normalized spacial score (nSPS) is 11.4. The Kier molecular flexibility index (Phi) is 6.65. The molecule has 0 heterocycles. The summed E-state index contributed by atoms with van der Waals surface area (Å²) in [6, 6.07) is 6.40. The van der Waals surface area contributed by atoms with Gasteiger partial charge in [0.15, 0.2) is 0 Å². The van der Waals surface area contributed by atoms with Crippen LogP contribution in [0.4, 0.5) is 11.4 Å². The van der Waals surface area contributed by atoms with Gasteiger partial charge in [-0.1, -0.05) is 0 Å². The van der Waals surface area contributed by atoms with Crippen LogP contribution in [-0.2, 0) is 0 Å². The Labute approximate surface area is 123 Å². The number of rotatable bonds is 8. The Morgan fingerprint density at radius 1 is 1.20 bits per heavy atom. The SMILES string of the molecule is CC(C)Oc1cc(N)cc(NCCCN(C)C(C)C)c1. The zero-order valence-corrected chi connectivity index (χ0v) is 13.4. The standard InChI is InChI=1S/C16H29N3O/c1-12(2)19(5)8-6-7-18-15-9-14(17)10-16(11-15)20-13(3)4/h9-13,18H,6-8,17H2,1-5H3. The van der Waals surface area contributed by atoms with E-state index >= 15 is 0 Å². The monoisotopic (exact) mass is 279 g/mol. The molecular weight excluding hydrogens is 250 g/mol. The fourth-order valence-corrected chi connectivity index (χ4v) is 1.88. The van der Waals surface area contributed by atoms with Gasteiger partial charge in [0.25, 0.3) is 0 Å². The lowest BCUT2D eigenvalue weighted by Gasteiger charge is -2.21. The first-order valence-electron chi connectivity index (χ1n) is 7.40. The smallest absolute Gasteiger partial charge is 0.123 e. The van der Waals surface area contributed by atoms with E-state index in [0.717, 1.165) is 36.6 Å². The Morgan fingerprint density at radius 3 is 2.50 bits per heavy atom. The second kappa shape index (κ2) is 8.00. The molecule has 0 aliphatic heterocycles. The second-order valence-electron chi connectivity index (χ2n) is 5.81. The molecule has 3 N–H and O–H groups in total. The number of ether oxygens (including phenoxy) is 1. The number of anilines is 2. The first kappa shape index (κ1) is 16.6. The molecule has 1 aromatic rings. The summed E-state index contributed by atoms with van der Waals surface area (Å²) in [5.74, 6) is 0.821. The minimum absolute atomic E-state index is 0.157. The van der Waals surface area contributed by atoms with E-state index < -0.39 is 0 Å². The van der Waals surface area contributed by atoms with Crippen molar-refractivity contribution in [3.63, 3.8) is 0 Å². The van der Waals surface area contributed by atoms with Gasteiger partial charge in [0.1, 0.15) is 5.75 Å². The molecule has 0 radical (unpaired) electrons. The van der Waals surface area contributed by atoms with E-state index in [4.69, 9.17) is 10.5 Å². The second-order valence-corrected chi connectivity index (χ2v) is 5.81. The average Bonchev–Trinajstić information content (AvgIpc) is 2.32. The summed E-state index contributed by atoms with van der Waals surface area (Å²) in [6.45, 7) is 10.5. The number of nitrogens with two attached hydrogens (primary N) is 1. The predicted octanol–water partition coefficient (Wildman–Crippen LogP) is 3.20. The average molecular weight is 279 g/mol. The molecule has 4 nitrogen and oxygen atoms in total. The van der Waals surface area contributed by atoms with Gasteiger partial charge in [0.2, 0.25) is 0 Å². The van der Waals surface area contributed by atoms with E-state index in [1.807, 2.05) is 32.0 Å². The third-order valence-electron chi connectivity index (χ3n) is 3.20. The number of hydrogen-bond acceptors (Lipinski definition) is 4. The quantitative estimate of drug-likeness (QED) is 0.567. The van der Waals surface area contributed by atoms with E-state index in [0.29, 0.717) is 6.04 Å². The highest BCUT2D eigenvalue weighted by Gasteiger charge is 2.04. The molecule has 1 rings (SSSR count). The van der Waals surface area contributed by atoms with Gasteiger partial charge in [-0.2, -0.15) is 0 Å². The molecule has 0 aliphatic carbocycles. The maximum atomic E-state index is 5.90. The van der Waals surface area contributed by atoms with Crippen LogP contribution in [0.3, 0.4) is 0 Å². The van der Waals surface area contributed by atoms with Crippen LogP contribution in [0.25, 0.3) is 0 Å². The Morgan fingerprint density at radius 2 is 1.90 bits per heavy atom. The zero-order chi connectivity index (χ0) is 15.1. The van der Waals surface area contributed by atoms with Crippen LogP contribution in [0.2, 0.25) is 0 Å².